The Morgan fingerprint density at radius 1 is 1.38 bits per heavy atom. The van der Waals surface area contributed by atoms with Crippen LogP contribution in [0.3, 0.4) is 0 Å². The average Bonchev–Trinajstić information content (AvgIpc) is 2.21. The van der Waals surface area contributed by atoms with E-state index in [0.29, 0.717) is 17.0 Å². The molecule has 0 aliphatic heterocycles. The standard InChI is InChI=1S/C11H11ClO/c1-2-9(8-13)11(12)10-6-4-3-5-7-10/h3-8H,2H2,1H3/b11-9+. The Morgan fingerprint density at radius 2 is 2.00 bits per heavy atom. The Morgan fingerprint density at radius 3 is 2.46 bits per heavy atom. The predicted molar refractivity (Wildman–Crippen MR) is 55.6 cm³/mol. The number of benzene rings is 1. The number of hydrogen-bond donors (Lipinski definition) is 0. The smallest absolute Gasteiger partial charge is 0.147 e. The van der Waals surface area contributed by atoms with Crippen molar-refractivity contribution in [3.63, 3.8) is 0 Å². The molecule has 0 amide bonds. The van der Waals surface area contributed by atoms with E-state index in [0.717, 1.165) is 11.8 Å². The summed E-state index contributed by atoms with van der Waals surface area (Å²) < 4.78 is 0. The van der Waals surface area contributed by atoms with E-state index in [1.807, 2.05) is 37.3 Å². The van der Waals surface area contributed by atoms with E-state index >= 15 is 0 Å². The van der Waals surface area contributed by atoms with Gasteiger partial charge in [-0.1, -0.05) is 48.9 Å². The van der Waals surface area contributed by atoms with Crippen LogP contribution >= 0.6 is 11.6 Å². The van der Waals surface area contributed by atoms with Crippen molar-refractivity contribution in [1.29, 1.82) is 0 Å². The molecule has 0 bridgehead atoms. The fourth-order valence-electron chi connectivity index (χ4n) is 1.06. The molecule has 1 aromatic carbocycles. The van der Waals surface area contributed by atoms with E-state index in [4.69, 9.17) is 11.6 Å². The van der Waals surface area contributed by atoms with Crippen molar-refractivity contribution in [1.82, 2.24) is 0 Å². The van der Waals surface area contributed by atoms with Crippen molar-refractivity contribution in [2.75, 3.05) is 0 Å². The zero-order valence-corrected chi connectivity index (χ0v) is 8.21. The van der Waals surface area contributed by atoms with Gasteiger partial charge in [0, 0.05) is 5.57 Å². The van der Waals surface area contributed by atoms with Gasteiger partial charge in [0.05, 0.1) is 5.03 Å². The average molecular weight is 195 g/mol. The topological polar surface area (TPSA) is 17.1 Å². The summed E-state index contributed by atoms with van der Waals surface area (Å²) in [7, 11) is 0. The summed E-state index contributed by atoms with van der Waals surface area (Å²) in [5, 5.41) is 0.554. The van der Waals surface area contributed by atoms with Crippen molar-refractivity contribution in [2.45, 2.75) is 13.3 Å². The summed E-state index contributed by atoms with van der Waals surface area (Å²) in [5.41, 5.74) is 1.54. The Balaban J connectivity index is 3.08. The van der Waals surface area contributed by atoms with E-state index in [2.05, 4.69) is 0 Å². The van der Waals surface area contributed by atoms with Crippen LogP contribution in [0.15, 0.2) is 35.9 Å². The van der Waals surface area contributed by atoms with Crippen LogP contribution in [-0.4, -0.2) is 6.29 Å². The highest BCUT2D eigenvalue weighted by Crippen LogP contribution is 2.23. The van der Waals surface area contributed by atoms with Crippen LogP contribution in [0.1, 0.15) is 18.9 Å². The molecule has 0 aliphatic carbocycles. The van der Waals surface area contributed by atoms with Crippen molar-refractivity contribution in [3.8, 4) is 0 Å². The molecule has 2 heteroatoms. The summed E-state index contributed by atoms with van der Waals surface area (Å²) in [6.07, 6.45) is 1.48. The van der Waals surface area contributed by atoms with Crippen molar-refractivity contribution in [2.24, 2.45) is 0 Å². The zero-order chi connectivity index (χ0) is 9.68. The SMILES string of the molecule is CC/C(C=O)=C(\Cl)c1ccccc1. The molecule has 1 aromatic rings. The largest absolute Gasteiger partial charge is 0.298 e. The number of carbonyl (C=O) groups excluding carboxylic acids is 1. The maximum atomic E-state index is 10.6. The highest BCUT2D eigenvalue weighted by atomic mass is 35.5. The third kappa shape index (κ3) is 2.43. The molecule has 0 aliphatic rings. The van der Waals surface area contributed by atoms with Gasteiger partial charge in [0.1, 0.15) is 6.29 Å². The molecule has 1 nitrogen and oxygen atoms in total. The van der Waals surface area contributed by atoms with Gasteiger partial charge in [-0.15, -0.1) is 0 Å². The van der Waals surface area contributed by atoms with Crippen LogP contribution in [-0.2, 0) is 4.79 Å². The monoisotopic (exact) mass is 194 g/mol. The van der Waals surface area contributed by atoms with E-state index in [1.54, 1.807) is 0 Å². The first-order valence-corrected chi connectivity index (χ1v) is 4.56. The number of allylic oxidation sites excluding steroid dienone is 1. The van der Waals surface area contributed by atoms with Crippen LogP contribution < -0.4 is 0 Å². The van der Waals surface area contributed by atoms with Gasteiger partial charge < -0.3 is 0 Å². The minimum absolute atomic E-state index is 0.554. The Kier molecular flexibility index (Phi) is 3.71. The van der Waals surface area contributed by atoms with E-state index in [-0.39, 0.29) is 0 Å². The molecule has 0 saturated carbocycles. The highest BCUT2D eigenvalue weighted by molar-refractivity contribution is 6.50. The fraction of sp³-hybridized carbons (Fsp3) is 0.182. The van der Waals surface area contributed by atoms with E-state index < -0.39 is 0 Å². The highest BCUT2D eigenvalue weighted by Gasteiger charge is 2.03. The van der Waals surface area contributed by atoms with Gasteiger partial charge in [-0.3, -0.25) is 4.79 Å². The molecule has 0 fully saturated rings. The van der Waals surface area contributed by atoms with Crippen LogP contribution in [0.25, 0.3) is 5.03 Å². The molecule has 0 unspecified atom stereocenters. The van der Waals surface area contributed by atoms with Gasteiger partial charge in [0.25, 0.3) is 0 Å². The second-order valence-corrected chi connectivity index (χ2v) is 3.05. The van der Waals surface area contributed by atoms with Crippen LogP contribution in [0, 0.1) is 0 Å². The van der Waals surface area contributed by atoms with Gasteiger partial charge in [0.15, 0.2) is 0 Å². The van der Waals surface area contributed by atoms with E-state index in [9.17, 15) is 4.79 Å². The normalized spacial score (nSPS) is 12.2. The lowest BCUT2D eigenvalue weighted by Crippen LogP contribution is -1.86. The second kappa shape index (κ2) is 4.83. The maximum absolute atomic E-state index is 10.6. The van der Waals surface area contributed by atoms with Gasteiger partial charge >= 0.3 is 0 Å². The lowest BCUT2D eigenvalue weighted by molar-refractivity contribution is -0.104. The lowest BCUT2D eigenvalue weighted by atomic mass is 10.1. The molecular weight excluding hydrogens is 184 g/mol. The molecule has 0 radical (unpaired) electrons. The third-order valence-corrected chi connectivity index (χ3v) is 2.29. The summed E-state index contributed by atoms with van der Waals surface area (Å²) >= 11 is 6.02. The lowest BCUT2D eigenvalue weighted by Gasteiger charge is -2.01. The van der Waals surface area contributed by atoms with Crippen LogP contribution in [0.5, 0.6) is 0 Å². The number of hydrogen-bond acceptors (Lipinski definition) is 1. The maximum Gasteiger partial charge on any atom is 0.147 e. The van der Waals surface area contributed by atoms with Crippen molar-refractivity contribution < 1.29 is 4.79 Å². The second-order valence-electron chi connectivity index (χ2n) is 2.68. The summed E-state index contributed by atoms with van der Waals surface area (Å²) in [6.45, 7) is 1.91. The van der Waals surface area contributed by atoms with Crippen molar-refractivity contribution >= 4 is 22.9 Å². The van der Waals surface area contributed by atoms with Crippen molar-refractivity contribution in [3.05, 3.63) is 41.5 Å². The van der Waals surface area contributed by atoms with Gasteiger partial charge in [0.2, 0.25) is 0 Å². The first-order chi connectivity index (χ1) is 6.29. The Bertz CT molecular complexity index is 314. The molecule has 0 N–H and O–H groups in total. The first kappa shape index (κ1) is 10.0. The number of carbonyl (C=O) groups is 1. The van der Waals surface area contributed by atoms with Crippen LogP contribution in [0.4, 0.5) is 0 Å². The summed E-state index contributed by atoms with van der Waals surface area (Å²) in [6, 6.07) is 9.49. The van der Waals surface area contributed by atoms with Gasteiger partial charge in [-0.25, -0.2) is 0 Å². The fourth-order valence-corrected chi connectivity index (χ4v) is 1.36. The third-order valence-electron chi connectivity index (χ3n) is 1.83. The Hall–Kier alpha value is -1.08. The molecule has 68 valence electrons. The molecule has 0 aromatic heterocycles. The summed E-state index contributed by atoms with van der Waals surface area (Å²) in [4.78, 5) is 10.6. The van der Waals surface area contributed by atoms with E-state index in [1.165, 1.54) is 0 Å². The first-order valence-electron chi connectivity index (χ1n) is 4.18. The quantitative estimate of drug-likeness (QED) is 0.533. The number of rotatable bonds is 3. The molecule has 0 atom stereocenters. The molecule has 1 rings (SSSR count). The molecule has 0 spiro atoms. The number of halogens is 1. The minimum Gasteiger partial charge on any atom is -0.298 e. The molecule has 0 heterocycles. The zero-order valence-electron chi connectivity index (χ0n) is 7.46. The van der Waals surface area contributed by atoms with Gasteiger partial charge in [-0.05, 0) is 12.0 Å². The minimum atomic E-state index is 0.554. The molecule has 13 heavy (non-hydrogen) atoms. The van der Waals surface area contributed by atoms with Crippen LogP contribution in [0.2, 0.25) is 0 Å². The molecular formula is C11H11ClO. The van der Waals surface area contributed by atoms with Gasteiger partial charge in [-0.2, -0.15) is 0 Å². The predicted octanol–water partition coefficient (Wildman–Crippen LogP) is 3.25. The summed E-state index contributed by atoms with van der Waals surface area (Å²) in [5.74, 6) is 0. The molecule has 0 saturated heterocycles. The Labute approximate surface area is 83.0 Å². The number of aldehydes is 1.